The van der Waals surface area contributed by atoms with Crippen molar-refractivity contribution in [1.82, 2.24) is 10.3 Å². The minimum Gasteiger partial charge on any atom is -0.377 e. The van der Waals surface area contributed by atoms with Crippen LogP contribution in [0.1, 0.15) is 24.3 Å². The lowest BCUT2D eigenvalue weighted by atomic mass is 10.1. The van der Waals surface area contributed by atoms with Crippen LogP contribution in [0, 0.1) is 0 Å². The van der Waals surface area contributed by atoms with Gasteiger partial charge in [-0.3, -0.25) is 4.79 Å². The molecule has 0 bridgehead atoms. The van der Waals surface area contributed by atoms with E-state index >= 15 is 0 Å². The Morgan fingerprint density at radius 2 is 2.43 bits per heavy atom. The van der Waals surface area contributed by atoms with Gasteiger partial charge in [0, 0.05) is 19.0 Å². The smallest absolute Gasteiger partial charge is 0.270 e. The first-order chi connectivity index (χ1) is 6.55. The molecule has 1 aromatic rings. The maximum absolute atomic E-state index is 11.4. The Bertz CT molecular complexity index is 296. The average Bonchev–Trinajstić information content (AvgIpc) is 2.67. The summed E-state index contributed by atoms with van der Waals surface area (Å²) in [5, 5.41) is 4.47. The number of ether oxygens (including phenoxy) is 1. The van der Waals surface area contributed by atoms with Crippen molar-refractivity contribution in [2.24, 2.45) is 0 Å². The summed E-state index contributed by atoms with van der Waals surface area (Å²) in [7, 11) is 1.62. The molecule has 0 aromatic carbocycles. The van der Waals surface area contributed by atoms with Gasteiger partial charge in [0.25, 0.3) is 5.91 Å². The molecule has 0 aliphatic rings. The molecule has 0 spiro atoms. The van der Waals surface area contributed by atoms with Crippen molar-refractivity contribution in [2.45, 2.75) is 19.4 Å². The molecular formula is C9H14N2O2S. The van der Waals surface area contributed by atoms with Crippen LogP contribution in [0.5, 0.6) is 0 Å². The minimum absolute atomic E-state index is 0.156. The van der Waals surface area contributed by atoms with Gasteiger partial charge in [0.05, 0.1) is 11.1 Å². The van der Waals surface area contributed by atoms with Gasteiger partial charge < -0.3 is 10.1 Å². The van der Waals surface area contributed by atoms with E-state index in [4.69, 9.17) is 4.74 Å². The average molecular weight is 214 g/mol. The van der Waals surface area contributed by atoms with E-state index in [9.17, 15) is 4.79 Å². The lowest BCUT2D eigenvalue weighted by Crippen LogP contribution is -2.39. The number of amides is 1. The zero-order valence-electron chi connectivity index (χ0n) is 8.53. The molecular weight excluding hydrogens is 200 g/mol. The van der Waals surface area contributed by atoms with E-state index in [0.29, 0.717) is 12.2 Å². The number of nitrogens with zero attached hydrogens (tertiary/aromatic N) is 1. The predicted octanol–water partition coefficient (Wildman–Crippen LogP) is 1.30. The molecule has 4 nitrogen and oxygen atoms in total. The maximum atomic E-state index is 11.4. The summed E-state index contributed by atoms with van der Waals surface area (Å²) >= 11 is 1.40. The maximum Gasteiger partial charge on any atom is 0.270 e. The van der Waals surface area contributed by atoms with Crippen molar-refractivity contribution in [3.63, 3.8) is 0 Å². The van der Waals surface area contributed by atoms with Crippen LogP contribution < -0.4 is 5.32 Å². The fraction of sp³-hybridized carbons (Fsp3) is 0.556. The molecule has 0 aliphatic heterocycles. The Hall–Kier alpha value is -0.940. The third-order valence-corrected chi connectivity index (χ3v) is 2.48. The Kier molecular flexibility index (Phi) is 3.60. The molecule has 1 rings (SSSR count). The van der Waals surface area contributed by atoms with Gasteiger partial charge >= 0.3 is 0 Å². The molecule has 0 fully saturated rings. The van der Waals surface area contributed by atoms with E-state index in [1.807, 2.05) is 13.8 Å². The van der Waals surface area contributed by atoms with E-state index in [-0.39, 0.29) is 11.5 Å². The van der Waals surface area contributed by atoms with Crippen molar-refractivity contribution in [3.05, 3.63) is 16.6 Å². The largest absolute Gasteiger partial charge is 0.377 e. The molecule has 1 aromatic heterocycles. The van der Waals surface area contributed by atoms with Crippen LogP contribution in [-0.4, -0.2) is 30.1 Å². The highest BCUT2D eigenvalue weighted by molar-refractivity contribution is 7.07. The topological polar surface area (TPSA) is 51.2 Å². The van der Waals surface area contributed by atoms with Crippen LogP contribution in [0.25, 0.3) is 0 Å². The van der Waals surface area contributed by atoms with Crippen LogP contribution >= 0.6 is 11.3 Å². The van der Waals surface area contributed by atoms with Crippen LogP contribution in [-0.2, 0) is 4.74 Å². The van der Waals surface area contributed by atoms with Gasteiger partial charge in [-0.05, 0) is 13.8 Å². The molecule has 1 amide bonds. The fourth-order valence-electron chi connectivity index (χ4n) is 0.781. The Morgan fingerprint density at radius 1 is 1.71 bits per heavy atom. The van der Waals surface area contributed by atoms with Crippen molar-refractivity contribution in [2.75, 3.05) is 13.7 Å². The van der Waals surface area contributed by atoms with Crippen LogP contribution in [0.15, 0.2) is 10.9 Å². The van der Waals surface area contributed by atoms with Gasteiger partial charge in [-0.15, -0.1) is 11.3 Å². The third-order valence-electron chi connectivity index (χ3n) is 1.89. The Balaban J connectivity index is 2.43. The second-order valence-corrected chi connectivity index (χ2v) is 4.24. The fourth-order valence-corrected chi connectivity index (χ4v) is 1.31. The van der Waals surface area contributed by atoms with E-state index in [0.717, 1.165) is 0 Å². The highest BCUT2D eigenvalue weighted by Crippen LogP contribution is 2.06. The number of aromatic nitrogens is 1. The monoisotopic (exact) mass is 214 g/mol. The van der Waals surface area contributed by atoms with Gasteiger partial charge in [0.2, 0.25) is 0 Å². The number of methoxy groups -OCH3 is 1. The lowest BCUT2D eigenvalue weighted by Gasteiger charge is -2.22. The number of hydrogen-bond acceptors (Lipinski definition) is 4. The molecule has 0 atom stereocenters. The van der Waals surface area contributed by atoms with Crippen molar-refractivity contribution >= 4 is 17.2 Å². The Labute approximate surface area is 87.3 Å². The molecule has 0 aliphatic carbocycles. The quantitative estimate of drug-likeness (QED) is 0.822. The minimum atomic E-state index is -0.342. The summed E-state index contributed by atoms with van der Waals surface area (Å²) in [5.74, 6) is -0.156. The van der Waals surface area contributed by atoms with E-state index in [1.54, 1.807) is 18.0 Å². The first-order valence-electron chi connectivity index (χ1n) is 4.27. The standard InChI is InChI=1S/C9H14N2O2S/c1-9(2,13-3)5-10-8(12)7-4-14-6-11-7/h4,6H,5H2,1-3H3,(H,10,12). The normalized spacial score (nSPS) is 11.4. The molecule has 78 valence electrons. The van der Waals surface area contributed by atoms with Crippen LogP contribution in [0.3, 0.4) is 0 Å². The molecule has 0 radical (unpaired) electrons. The van der Waals surface area contributed by atoms with Gasteiger partial charge in [-0.2, -0.15) is 0 Å². The predicted molar refractivity (Wildman–Crippen MR) is 55.5 cm³/mol. The SMILES string of the molecule is COC(C)(C)CNC(=O)c1cscn1. The van der Waals surface area contributed by atoms with Crippen LogP contribution in [0.2, 0.25) is 0 Å². The second-order valence-electron chi connectivity index (χ2n) is 3.52. The molecule has 0 saturated carbocycles. The summed E-state index contributed by atoms with van der Waals surface area (Å²) in [6.07, 6.45) is 0. The van der Waals surface area contributed by atoms with E-state index < -0.39 is 0 Å². The van der Waals surface area contributed by atoms with Gasteiger partial charge in [0.1, 0.15) is 5.69 Å². The van der Waals surface area contributed by atoms with Gasteiger partial charge in [-0.1, -0.05) is 0 Å². The number of hydrogen-bond donors (Lipinski definition) is 1. The molecule has 5 heteroatoms. The Morgan fingerprint density at radius 3 is 2.93 bits per heavy atom. The number of rotatable bonds is 4. The van der Waals surface area contributed by atoms with Gasteiger partial charge in [0.15, 0.2) is 0 Å². The number of carbonyl (C=O) groups is 1. The van der Waals surface area contributed by atoms with Gasteiger partial charge in [-0.25, -0.2) is 4.98 Å². The third kappa shape index (κ3) is 3.08. The number of nitrogens with one attached hydrogen (secondary N) is 1. The zero-order valence-corrected chi connectivity index (χ0v) is 9.35. The van der Waals surface area contributed by atoms with Crippen molar-refractivity contribution in [1.29, 1.82) is 0 Å². The van der Waals surface area contributed by atoms with Crippen molar-refractivity contribution < 1.29 is 9.53 Å². The molecule has 0 saturated heterocycles. The zero-order chi connectivity index (χ0) is 10.6. The van der Waals surface area contributed by atoms with Crippen molar-refractivity contribution in [3.8, 4) is 0 Å². The number of thiazole rings is 1. The highest BCUT2D eigenvalue weighted by atomic mass is 32.1. The number of carbonyl (C=O) groups excluding carboxylic acids is 1. The molecule has 0 unspecified atom stereocenters. The second kappa shape index (κ2) is 4.52. The summed E-state index contributed by atoms with van der Waals surface area (Å²) < 4.78 is 5.17. The first-order valence-corrected chi connectivity index (χ1v) is 5.21. The first kappa shape index (κ1) is 11.1. The highest BCUT2D eigenvalue weighted by Gasteiger charge is 2.18. The summed E-state index contributed by atoms with van der Waals surface area (Å²) in [6, 6.07) is 0. The molecule has 1 heterocycles. The summed E-state index contributed by atoms with van der Waals surface area (Å²) in [6.45, 7) is 4.29. The van der Waals surface area contributed by atoms with Crippen LogP contribution in [0.4, 0.5) is 0 Å². The molecule has 1 N–H and O–H groups in total. The summed E-state index contributed by atoms with van der Waals surface area (Å²) in [4.78, 5) is 15.4. The summed E-state index contributed by atoms with van der Waals surface area (Å²) in [5.41, 5.74) is 1.75. The lowest BCUT2D eigenvalue weighted by molar-refractivity contribution is 0.0228. The van der Waals surface area contributed by atoms with E-state index in [2.05, 4.69) is 10.3 Å². The molecule has 14 heavy (non-hydrogen) atoms. The van der Waals surface area contributed by atoms with E-state index in [1.165, 1.54) is 11.3 Å².